The summed E-state index contributed by atoms with van der Waals surface area (Å²) in [6, 6.07) is 2.46. The Balaban J connectivity index is 2.10. The van der Waals surface area contributed by atoms with Gasteiger partial charge in [-0.15, -0.1) is 11.3 Å². The Labute approximate surface area is 122 Å². The van der Waals surface area contributed by atoms with Gasteiger partial charge in [-0.2, -0.15) is 15.0 Å². The van der Waals surface area contributed by atoms with E-state index in [9.17, 15) is 0 Å². The molecule has 0 aliphatic heterocycles. The number of aromatic nitrogens is 3. The predicted octanol–water partition coefficient (Wildman–Crippen LogP) is 2.55. The van der Waals surface area contributed by atoms with E-state index >= 15 is 0 Å². The molecular formula is C13H19N5OS. The lowest BCUT2D eigenvalue weighted by Gasteiger charge is -2.08. The fourth-order valence-electron chi connectivity index (χ4n) is 1.76. The topological polar surface area (TPSA) is 72.0 Å². The van der Waals surface area contributed by atoms with Gasteiger partial charge in [0.05, 0.1) is 13.7 Å². The van der Waals surface area contributed by atoms with Crippen LogP contribution in [0.4, 0.5) is 11.9 Å². The van der Waals surface area contributed by atoms with Crippen LogP contribution in [0.15, 0.2) is 11.4 Å². The van der Waals surface area contributed by atoms with Crippen molar-refractivity contribution in [1.29, 1.82) is 0 Å². The fourth-order valence-corrected chi connectivity index (χ4v) is 2.68. The van der Waals surface area contributed by atoms with Gasteiger partial charge >= 0.3 is 6.01 Å². The second kappa shape index (κ2) is 7.04. The standard InChI is InChI=1S/C13H19N5OS/c1-4-9-6-7-20-10(9)8-15-12-16-11(14-5-2)17-13(18-12)19-3/h6-7H,4-5,8H2,1-3H3,(H2,14,15,16,17,18). The smallest absolute Gasteiger partial charge is 0.322 e. The molecule has 20 heavy (non-hydrogen) atoms. The Morgan fingerprint density at radius 3 is 2.55 bits per heavy atom. The number of rotatable bonds is 7. The summed E-state index contributed by atoms with van der Waals surface area (Å²) >= 11 is 1.74. The van der Waals surface area contributed by atoms with Crippen molar-refractivity contribution >= 4 is 23.2 Å². The Hall–Kier alpha value is -1.89. The van der Waals surface area contributed by atoms with Crippen LogP contribution in [-0.2, 0) is 13.0 Å². The van der Waals surface area contributed by atoms with E-state index in [-0.39, 0.29) is 0 Å². The largest absolute Gasteiger partial charge is 0.467 e. The van der Waals surface area contributed by atoms with Crippen LogP contribution in [0.2, 0.25) is 0 Å². The number of nitrogens with zero attached hydrogens (tertiary/aromatic N) is 3. The van der Waals surface area contributed by atoms with Gasteiger partial charge in [0.25, 0.3) is 0 Å². The molecule has 6 nitrogen and oxygen atoms in total. The van der Waals surface area contributed by atoms with E-state index in [0.717, 1.165) is 13.0 Å². The van der Waals surface area contributed by atoms with Crippen molar-refractivity contribution in [2.75, 3.05) is 24.3 Å². The van der Waals surface area contributed by atoms with E-state index in [1.807, 2.05) is 6.92 Å². The molecule has 0 aromatic carbocycles. The molecule has 2 heterocycles. The highest BCUT2D eigenvalue weighted by Crippen LogP contribution is 2.19. The molecule has 0 aliphatic carbocycles. The van der Waals surface area contributed by atoms with Gasteiger partial charge in [0, 0.05) is 11.4 Å². The zero-order valence-corrected chi connectivity index (χ0v) is 12.8. The molecule has 2 aromatic heterocycles. The maximum atomic E-state index is 5.08. The summed E-state index contributed by atoms with van der Waals surface area (Å²) < 4.78 is 5.08. The van der Waals surface area contributed by atoms with Crippen molar-refractivity contribution in [1.82, 2.24) is 15.0 Å². The van der Waals surface area contributed by atoms with Gasteiger partial charge in [-0.05, 0) is 30.4 Å². The van der Waals surface area contributed by atoms with Gasteiger partial charge in [-0.3, -0.25) is 0 Å². The van der Waals surface area contributed by atoms with Crippen LogP contribution >= 0.6 is 11.3 Å². The van der Waals surface area contributed by atoms with Crippen molar-refractivity contribution in [2.45, 2.75) is 26.8 Å². The molecule has 0 aliphatic rings. The first-order chi connectivity index (χ1) is 9.76. The molecule has 0 unspecified atom stereocenters. The molecule has 2 N–H and O–H groups in total. The second-order valence-corrected chi connectivity index (χ2v) is 5.08. The third kappa shape index (κ3) is 3.57. The minimum absolute atomic E-state index is 0.306. The maximum absolute atomic E-state index is 5.08. The van der Waals surface area contributed by atoms with Crippen LogP contribution < -0.4 is 15.4 Å². The van der Waals surface area contributed by atoms with E-state index in [1.165, 1.54) is 10.4 Å². The Kier molecular flexibility index (Phi) is 5.11. The number of nitrogens with one attached hydrogen (secondary N) is 2. The van der Waals surface area contributed by atoms with E-state index in [1.54, 1.807) is 18.4 Å². The third-order valence-corrected chi connectivity index (χ3v) is 3.72. The van der Waals surface area contributed by atoms with Gasteiger partial charge in [0.1, 0.15) is 0 Å². The summed E-state index contributed by atoms with van der Waals surface area (Å²) in [6.07, 6.45) is 1.03. The predicted molar refractivity (Wildman–Crippen MR) is 81.6 cm³/mol. The highest BCUT2D eigenvalue weighted by Gasteiger charge is 2.07. The molecule has 2 rings (SSSR count). The minimum Gasteiger partial charge on any atom is -0.467 e. The van der Waals surface area contributed by atoms with Gasteiger partial charge in [-0.25, -0.2) is 0 Å². The maximum Gasteiger partial charge on any atom is 0.322 e. The first kappa shape index (κ1) is 14.5. The van der Waals surface area contributed by atoms with Crippen LogP contribution in [0.3, 0.4) is 0 Å². The molecule has 0 bridgehead atoms. The molecule has 0 saturated carbocycles. The first-order valence-electron chi connectivity index (χ1n) is 6.59. The zero-order valence-electron chi connectivity index (χ0n) is 11.9. The van der Waals surface area contributed by atoms with E-state index in [4.69, 9.17) is 4.74 Å². The van der Waals surface area contributed by atoms with Crippen LogP contribution in [0.25, 0.3) is 0 Å². The Bertz CT molecular complexity index is 557. The van der Waals surface area contributed by atoms with Crippen molar-refractivity contribution in [3.05, 3.63) is 21.9 Å². The van der Waals surface area contributed by atoms with Crippen molar-refractivity contribution < 1.29 is 4.74 Å². The average Bonchev–Trinajstić information content (AvgIpc) is 2.92. The van der Waals surface area contributed by atoms with Crippen molar-refractivity contribution in [2.24, 2.45) is 0 Å². The summed E-state index contributed by atoms with van der Waals surface area (Å²) in [5, 5.41) is 8.39. The van der Waals surface area contributed by atoms with Gasteiger partial charge in [0.15, 0.2) is 0 Å². The summed E-state index contributed by atoms with van der Waals surface area (Å²) in [5.74, 6) is 1.03. The summed E-state index contributed by atoms with van der Waals surface area (Å²) in [5.41, 5.74) is 1.36. The molecule has 0 amide bonds. The lowest BCUT2D eigenvalue weighted by Crippen LogP contribution is -2.10. The van der Waals surface area contributed by atoms with Crippen molar-refractivity contribution in [3.63, 3.8) is 0 Å². The molecule has 108 valence electrons. The molecule has 0 saturated heterocycles. The number of thiophene rings is 1. The number of methoxy groups -OCH3 is 1. The molecule has 0 fully saturated rings. The Morgan fingerprint density at radius 1 is 1.15 bits per heavy atom. The number of ether oxygens (including phenoxy) is 1. The summed E-state index contributed by atoms with van der Waals surface area (Å²) in [4.78, 5) is 13.9. The van der Waals surface area contributed by atoms with Crippen LogP contribution in [0.5, 0.6) is 6.01 Å². The van der Waals surface area contributed by atoms with Gasteiger partial charge in [-0.1, -0.05) is 6.92 Å². The normalized spacial score (nSPS) is 10.3. The molecule has 2 aromatic rings. The lowest BCUT2D eigenvalue weighted by atomic mass is 10.2. The van der Waals surface area contributed by atoms with Crippen LogP contribution in [0.1, 0.15) is 24.3 Å². The van der Waals surface area contributed by atoms with Crippen molar-refractivity contribution in [3.8, 4) is 6.01 Å². The SMILES string of the molecule is CCNc1nc(NCc2sccc2CC)nc(OC)n1. The summed E-state index contributed by atoms with van der Waals surface area (Å²) in [7, 11) is 1.54. The average molecular weight is 293 g/mol. The van der Waals surface area contributed by atoms with E-state index in [0.29, 0.717) is 24.5 Å². The number of hydrogen-bond donors (Lipinski definition) is 2. The number of aryl methyl sites for hydroxylation is 1. The number of anilines is 2. The monoisotopic (exact) mass is 293 g/mol. The van der Waals surface area contributed by atoms with E-state index in [2.05, 4.69) is 44.0 Å². The van der Waals surface area contributed by atoms with Crippen LogP contribution in [-0.4, -0.2) is 28.6 Å². The highest BCUT2D eigenvalue weighted by atomic mass is 32.1. The van der Waals surface area contributed by atoms with E-state index < -0.39 is 0 Å². The molecule has 0 atom stereocenters. The number of hydrogen-bond acceptors (Lipinski definition) is 7. The highest BCUT2D eigenvalue weighted by molar-refractivity contribution is 7.10. The molecule has 0 radical (unpaired) electrons. The van der Waals surface area contributed by atoms with Gasteiger partial charge in [0.2, 0.25) is 11.9 Å². The first-order valence-corrected chi connectivity index (χ1v) is 7.47. The van der Waals surface area contributed by atoms with Gasteiger partial charge < -0.3 is 15.4 Å². The minimum atomic E-state index is 0.306. The molecule has 7 heteroatoms. The second-order valence-electron chi connectivity index (χ2n) is 4.08. The quantitative estimate of drug-likeness (QED) is 0.817. The molecular weight excluding hydrogens is 274 g/mol. The summed E-state index contributed by atoms with van der Waals surface area (Å²) in [6.45, 7) is 5.60. The third-order valence-electron chi connectivity index (χ3n) is 2.76. The fraction of sp³-hybridized carbons (Fsp3) is 0.462. The Morgan fingerprint density at radius 2 is 1.90 bits per heavy atom. The molecule has 0 spiro atoms. The zero-order chi connectivity index (χ0) is 14.4. The lowest BCUT2D eigenvalue weighted by molar-refractivity contribution is 0.379. The van der Waals surface area contributed by atoms with Crippen LogP contribution in [0, 0.1) is 0 Å².